The van der Waals surface area contributed by atoms with Crippen molar-refractivity contribution >= 4 is 0 Å². The summed E-state index contributed by atoms with van der Waals surface area (Å²) in [7, 11) is 2.00. The Bertz CT molecular complexity index is 969. The molecule has 2 heterocycles. The first kappa shape index (κ1) is 32.3. The molecule has 0 saturated carbocycles. The van der Waals surface area contributed by atoms with E-state index in [2.05, 4.69) is 74.1 Å². The molecule has 0 unspecified atom stereocenters. The molecule has 0 saturated heterocycles. The minimum Gasteiger partial charge on any atom is -0.400 e. The minimum atomic E-state index is 0. The van der Waals surface area contributed by atoms with Crippen LogP contribution < -0.4 is 0 Å². The molecular formula is C30H36IrN2O2+. The molecule has 0 spiro atoms. The van der Waals surface area contributed by atoms with Crippen LogP contribution in [0.25, 0.3) is 22.5 Å². The molecule has 2 N–H and O–H groups in total. The fraction of sp³-hybridized carbons (Fsp3) is 0.267. The van der Waals surface area contributed by atoms with Crippen LogP contribution in [0.1, 0.15) is 50.7 Å². The number of aromatic nitrogens is 2. The maximum atomic E-state index is 7.00. The molecule has 0 radical (unpaired) electrons. The Hall–Kier alpha value is -2.69. The van der Waals surface area contributed by atoms with Crippen LogP contribution in [-0.2, 0) is 20.1 Å². The van der Waals surface area contributed by atoms with Crippen LogP contribution in [0.4, 0.5) is 0 Å². The largest absolute Gasteiger partial charge is 3.00 e. The van der Waals surface area contributed by atoms with Gasteiger partial charge < -0.3 is 20.2 Å². The van der Waals surface area contributed by atoms with E-state index in [0.717, 1.165) is 36.7 Å². The molecule has 2 aromatic heterocycles. The van der Waals surface area contributed by atoms with Gasteiger partial charge in [-0.2, -0.15) is 0 Å². The molecule has 0 aliphatic heterocycles. The van der Waals surface area contributed by atoms with Gasteiger partial charge >= 0.3 is 20.1 Å². The van der Waals surface area contributed by atoms with Crippen molar-refractivity contribution in [3.8, 4) is 22.5 Å². The van der Waals surface area contributed by atoms with E-state index in [1.807, 2.05) is 60.9 Å². The van der Waals surface area contributed by atoms with Crippen molar-refractivity contribution < 1.29 is 30.3 Å². The number of aliphatic hydroxyl groups is 2. The Balaban J connectivity index is 0.000000565. The first-order valence-electron chi connectivity index (χ1n) is 11.3. The van der Waals surface area contributed by atoms with E-state index < -0.39 is 0 Å². The van der Waals surface area contributed by atoms with Crippen molar-refractivity contribution in [3.05, 3.63) is 108 Å². The Kier molecular flexibility index (Phi) is 17.2. The van der Waals surface area contributed by atoms with Gasteiger partial charge in [-0.15, -0.1) is 71.8 Å². The average molecular weight is 649 g/mol. The predicted molar refractivity (Wildman–Crippen MR) is 141 cm³/mol. The summed E-state index contributed by atoms with van der Waals surface area (Å²) in [6.45, 7) is 8.75. The second kappa shape index (κ2) is 18.6. The molecule has 4 aromatic rings. The first-order valence-corrected chi connectivity index (χ1v) is 11.3. The zero-order chi connectivity index (χ0) is 25.3. The number of nitrogens with zero attached hydrogens (tertiary/aromatic N) is 2. The summed E-state index contributed by atoms with van der Waals surface area (Å²) in [5.74, 6) is 1.07. The van der Waals surface area contributed by atoms with Gasteiger partial charge in [0.05, 0.1) is 0 Å². The molecule has 4 rings (SSSR count). The summed E-state index contributed by atoms with van der Waals surface area (Å²) in [6, 6.07) is 30.6. The quantitative estimate of drug-likeness (QED) is 0.246. The molecule has 2 aromatic carbocycles. The van der Waals surface area contributed by atoms with Crippen molar-refractivity contribution in [2.75, 3.05) is 14.2 Å². The third-order valence-corrected chi connectivity index (χ3v) is 4.87. The van der Waals surface area contributed by atoms with E-state index in [1.165, 1.54) is 11.1 Å². The van der Waals surface area contributed by atoms with Crippen LogP contribution in [0.15, 0.2) is 85.2 Å². The van der Waals surface area contributed by atoms with Crippen molar-refractivity contribution in [2.45, 2.75) is 39.5 Å². The maximum absolute atomic E-state index is 7.00. The van der Waals surface area contributed by atoms with Gasteiger partial charge in [-0.05, 0) is 35.4 Å². The first-order chi connectivity index (χ1) is 16.5. The fourth-order valence-corrected chi connectivity index (χ4v) is 3.01. The number of aliphatic hydroxyl groups excluding tert-OH is 2. The molecule has 0 aliphatic carbocycles. The number of benzene rings is 2. The van der Waals surface area contributed by atoms with Crippen LogP contribution in [-0.4, -0.2) is 34.4 Å². The third-order valence-electron chi connectivity index (χ3n) is 4.87. The van der Waals surface area contributed by atoms with Crippen molar-refractivity contribution in [1.82, 2.24) is 9.97 Å². The van der Waals surface area contributed by atoms with Crippen LogP contribution in [0.2, 0.25) is 0 Å². The van der Waals surface area contributed by atoms with Crippen LogP contribution in [0.3, 0.4) is 0 Å². The van der Waals surface area contributed by atoms with Gasteiger partial charge in [0.1, 0.15) is 0 Å². The standard InChI is InChI=1S/2C14H14N.2CH4O.Ir/c2*1-11(2)13-8-9-15-14(10-13)12-6-4-3-5-7-12;2*1-2;/h2*3-6,8-11H,1-2H3;2*2H,1H3;/q2*-1;;;+3. The van der Waals surface area contributed by atoms with Crippen molar-refractivity contribution in [1.29, 1.82) is 0 Å². The zero-order valence-electron chi connectivity index (χ0n) is 21.4. The van der Waals surface area contributed by atoms with Gasteiger partial charge in [-0.25, -0.2) is 0 Å². The Morgan fingerprint density at radius 3 is 1.26 bits per heavy atom. The molecule has 4 nitrogen and oxygen atoms in total. The van der Waals surface area contributed by atoms with E-state index >= 15 is 0 Å². The molecule has 5 heteroatoms. The molecule has 0 amide bonds. The van der Waals surface area contributed by atoms with Crippen molar-refractivity contribution in [3.63, 3.8) is 0 Å². The van der Waals surface area contributed by atoms with Crippen LogP contribution >= 0.6 is 0 Å². The summed E-state index contributed by atoms with van der Waals surface area (Å²) < 4.78 is 0. The van der Waals surface area contributed by atoms with E-state index in [9.17, 15) is 0 Å². The molecular weight excluding hydrogens is 613 g/mol. The van der Waals surface area contributed by atoms with Crippen molar-refractivity contribution in [2.24, 2.45) is 0 Å². The Morgan fingerprint density at radius 2 is 0.971 bits per heavy atom. The second-order valence-electron chi connectivity index (χ2n) is 7.81. The average Bonchev–Trinajstić information content (AvgIpc) is 2.92. The van der Waals surface area contributed by atoms with Gasteiger partial charge in [-0.3, -0.25) is 0 Å². The summed E-state index contributed by atoms with van der Waals surface area (Å²) in [4.78, 5) is 8.72. The number of hydrogen-bond donors (Lipinski definition) is 2. The van der Waals surface area contributed by atoms with Gasteiger partial charge in [0.2, 0.25) is 0 Å². The summed E-state index contributed by atoms with van der Waals surface area (Å²) in [6.07, 6.45) is 3.73. The van der Waals surface area contributed by atoms with E-state index in [4.69, 9.17) is 10.2 Å². The minimum absolute atomic E-state index is 0. The molecule has 0 bridgehead atoms. The molecule has 0 aliphatic rings. The Morgan fingerprint density at radius 1 is 0.600 bits per heavy atom. The monoisotopic (exact) mass is 649 g/mol. The smallest absolute Gasteiger partial charge is 0.400 e. The molecule has 186 valence electrons. The summed E-state index contributed by atoms with van der Waals surface area (Å²) in [5, 5.41) is 14.0. The number of hydrogen-bond acceptors (Lipinski definition) is 4. The van der Waals surface area contributed by atoms with Crippen LogP contribution in [0.5, 0.6) is 0 Å². The van der Waals surface area contributed by atoms with Gasteiger partial charge in [0, 0.05) is 26.6 Å². The maximum Gasteiger partial charge on any atom is 3.00 e. The van der Waals surface area contributed by atoms with E-state index in [0.29, 0.717) is 11.8 Å². The fourth-order valence-electron chi connectivity index (χ4n) is 3.01. The summed E-state index contributed by atoms with van der Waals surface area (Å²) >= 11 is 0. The van der Waals surface area contributed by atoms with Gasteiger partial charge in [-0.1, -0.05) is 51.0 Å². The number of rotatable bonds is 4. The number of pyridine rings is 2. The Labute approximate surface area is 224 Å². The second-order valence-corrected chi connectivity index (χ2v) is 7.81. The van der Waals surface area contributed by atoms with Gasteiger partial charge in [0.25, 0.3) is 0 Å². The van der Waals surface area contributed by atoms with E-state index in [1.54, 1.807) is 0 Å². The molecule has 0 fully saturated rings. The topological polar surface area (TPSA) is 66.2 Å². The molecule has 35 heavy (non-hydrogen) atoms. The predicted octanol–water partition coefficient (Wildman–Crippen LogP) is 6.56. The SMILES string of the molecule is CC(C)c1ccnc(-c2[c-]cccc2)c1.CC(C)c1ccnc(-c2[c-]cccc2)c1.CO.CO.[Ir+3]. The normalized spacial score (nSPS) is 9.43. The third kappa shape index (κ3) is 11.1. The van der Waals surface area contributed by atoms with Crippen LogP contribution in [0, 0.1) is 12.1 Å². The zero-order valence-corrected chi connectivity index (χ0v) is 23.8. The summed E-state index contributed by atoms with van der Waals surface area (Å²) in [5.41, 5.74) is 6.75. The van der Waals surface area contributed by atoms with E-state index in [-0.39, 0.29) is 20.1 Å². The van der Waals surface area contributed by atoms with Gasteiger partial charge in [0.15, 0.2) is 0 Å². The molecule has 0 atom stereocenters.